The largest absolute Gasteiger partial charge is 0.466 e. The molecule has 2 rings (SSSR count). The summed E-state index contributed by atoms with van der Waals surface area (Å²) in [5.74, 6) is 0.428. The summed E-state index contributed by atoms with van der Waals surface area (Å²) >= 11 is 0. The van der Waals surface area contributed by atoms with Crippen molar-refractivity contribution in [2.75, 3.05) is 24.3 Å². The van der Waals surface area contributed by atoms with E-state index < -0.39 is 5.97 Å². The number of methoxy groups -OCH3 is 1. The number of anilines is 2. The maximum absolute atomic E-state index is 13.2. The normalized spacial score (nSPS) is 11.6. The Kier molecular flexibility index (Phi) is 7.55. The Morgan fingerprint density at radius 1 is 1.29 bits per heavy atom. The van der Waals surface area contributed by atoms with Crippen LogP contribution in [0.1, 0.15) is 38.4 Å². The number of nitrogens with two attached hydrogens (primary N) is 1. The quantitative estimate of drug-likeness (QED) is 0.538. The lowest BCUT2D eigenvalue weighted by Crippen LogP contribution is -2.28. The Morgan fingerprint density at radius 3 is 2.54 bits per heavy atom. The van der Waals surface area contributed by atoms with E-state index in [1.807, 2.05) is 13.0 Å². The Morgan fingerprint density at radius 2 is 1.96 bits per heavy atom. The van der Waals surface area contributed by atoms with E-state index in [2.05, 4.69) is 18.7 Å². The van der Waals surface area contributed by atoms with Gasteiger partial charge in [0.1, 0.15) is 11.6 Å². The molecule has 0 amide bonds. The van der Waals surface area contributed by atoms with Crippen LogP contribution in [-0.4, -0.2) is 24.6 Å². The molecule has 0 aliphatic rings. The fourth-order valence-corrected chi connectivity index (χ4v) is 2.91. The molecule has 0 radical (unpaired) electrons. The summed E-state index contributed by atoms with van der Waals surface area (Å²) in [7, 11) is 1.34. The molecule has 0 aliphatic heterocycles. The molecule has 5 nitrogen and oxygen atoms in total. The second-order valence-electron chi connectivity index (χ2n) is 7.09. The minimum Gasteiger partial charge on any atom is -0.466 e. The van der Waals surface area contributed by atoms with E-state index >= 15 is 0 Å². The van der Waals surface area contributed by atoms with Crippen molar-refractivity contribution in [3.63, 3.8) is 0 Å². The molecular formula is C22H28FN3O2. The molecule has 0 unspecified atom stereocenters. The smallest absolute Gasteiger partial charge is 0.330 e. The number of aromatic nitrogens is 1. The fourth-order valence-electron chi connectivity index (χ4n) is 2.91. The van der Waals surface area contributed by atoms with Crippen molar-refractivity contribution >= 4 is 23.0 Å². The van der Waals surface area contributed by atoms with Gasteiger partial charge in [0.2, 0.25) is 0 Å². The molecule has 1 aromatic carbocycles. The summed E-state index contributed by atoms with van der Waals surface area (Å²) in [5, 5.41) is 0. The Bertz CT molecular complexity index is 832. The number of carbonyl (C=O) groups excluding carboxylic acids is 1. The van der Waals surface area contributed by atoms with Crippen LogP contribution in [0.15, 0.2) is 42.5 Å². The predicted molar refractivity (Wildman–Crippen MR) is 111 cm³/mol. The third-order valence-electron chi connectivity index (χ3n) is 4.23. The lowest BCUT2D eigenvalue weighted by Gasteiger charge is -2.27. The number of halogens is 1. The first-order valence-corrected chi connectivity index (χ1v) is 9.38. The second-order valence-corrected chi connectivity index (χ2v) is 7.09. The highest BCUT2D eigenvalue weighted by atomic mass is 19.1. The molecule has 1 heterocycles. The average Bonchev–Trinajstić information content (AvgIpc) is 2.66. The van der Waals surface area contributed by atoms with Gasteiger partial charge >= 0.3 is 5.97 Å². The molecule has 28 heavy (non-hydrogen) atoms. The van der Waals surface area contributed by atoms with Gasteiger partial charge in [-0.2, -0.15) is 0 Å². The van der Waals surface area contributed by atoms with Gasteiger partial charge in [0.25, 0.3) is 0 Å². The molecule has 0 spiro atoms. The molecule has 0 aliphatic carbocycles. The maximum Gasteiger partial charge on any atom is 0.330 e. The van der Waals surface area contributed by atoms with Crippen LogP contribution in [0.25, 0.3) is 5.57 Å². The van der Waals surface area contributed by atoms with Gasteiger partial charge in [-0.3, -0.25) is 0 Å². The topological polar surface area (TPSA) is 68.5 Å². The first-order chi connectivity index (χ1) is 13.3. The number of nitrogen functional groups attached to an aromatic ring is 1. The van der Waals surface area contributed by atoms with Crippen molar-refractivity contribution in [2.24, 2.45) is 5.92 Å². The highest BCUT2D eigenvalue weighted by molar-refractivity contribution is 5.91. The lowest BCUT2D eigenvalue weighted by atomic mass is 10.1. The second kappa shape index (κ2) is 9.88. The maximum atomic E-state index is 13.2. The first-order valence-electron chi connectivity index (χ1n) is 9.38. The van der Waals surface area contributed by atoms with E-state index in [9.17, 15) is 9.18 Å². The lowest BCUT2D eigenvalue weighted by molar-refractivity contribution is -0.134. The van der Waals surface area contributed by atoms with Gasteiger partial charge in [0, 0.05) is 30.9 Å². The van der Waals surface area contributed by atoms with Gasteiger partial charge < -0.3 is 15.4 Å². The van der Waals surface area contributed by atoms with E-state index in [1.165, 1.54) is 25.3 Å². The van der Waals surface area contributed by atoms with E-state index in [0.717, 1.165) is 23.5 Å². The molecule has 6 heteroatoms. The van der Waals surface area contributed by atoms with Crippen LogP contribution in [0.5, 0.6) is 0 Å². The minimum atomic E-state index is -0.423. The van der Waals surface area contributed by atoms with Gasteiger partial charge in [-0.25, -0.2) is 14.2 Å². The Balaban J connectivity index is 2.42. The van der Waals surface area contributed by atoms with E-state index in [-0.39, 0.29) is 5.82 Å². The summed E-state index contributed by atoms with van der Waals surface area (Å²) in [6, 6.07) is 10.0. The van der Waals surface area contributed by atoms with Crippen molar-refractivity contribution < 1.29 is 13.9 Å². The Labute approximate surface area is 166 Å². The summed E-state index contributed by atoms with van der Waals surface area (Å²) in [5.41, 5.74) is 9.09. The summed E-state index contributed by atoms with van der Waals surface area (Å²) in [4.78, 5) is 18.5. The van der Waals surface area contributed by atoms with Gasteiger partial charge in [-0.05, 0) is 41.7 Å². The number of hydrogen-bond acceptors (Lipinski definition) is 5. The SMILES string of the molecule is CC/C(=C/C(=O)OC)c1cc(N)cc(N(Cc2ccc(F)cc2)CC(C)C)n1. The molecule has 0 fully saturated rings. The van der Waals surface area contributed by atoms with Crippen molar-refractivity contribution in [1.29, 1.82) is 0 Å². The fraction of sp³-hybridized carbons (Fsp3) is 0.364. The van der Waals surface area contributed by atoms with Crippen LogP contribution in [0.2, 0.25) is 0 Å². The number of ether oxygens (including phenoxy) is 1. The van der Waals surface area contributed by atoms with Gasteiger partial charge in [0.05, 0.1) is 12.8 Å². The van der Waals surface area contributed by atoms with Crippen LogP contribution < -0.4 is 10.6 Å². The van der Waals surface area contributed by atoms with Crippen LogP contribution in [0.3, 0.4) is 0 Å². The van der Waals surface area contributed by atoms with E-state index in [1.54, 1.807) is 18.2 Å². The standard InChI is InChI=1S/C22H28FN3O2/c1-5-17(10-22(27)28-4)20-11-19(24)12-21(25-20)26(13-15(2)3)14-16-6-8-18(23)9-7-16/h6-12,15H,5,13-14H2,1-4H3,(H2,24,25)/b17-10-. The summed E-state index contributed by atoms with van der Waals surface area (Å²) in [6.07, 6.45) is 2.06. The number of allylic oxidation sites excluding steroid dienone is 1. The zero-order valence-corrected chi connectivity index (χ0v) is 16.9. The Hall–Kier alpha value is -2.89. The minimum absolute atomic E-state index is 0.260. The van der Waals surface area contributed by atoms with Crippen molar-refractivity contribution in [3.05, 3.63) is 59.5 Å². The summed E-state index contributed by atoms with van der Waals surface area (Å²) in [6.45, 7) is 7.54. The molecule has 150 valence electrons. The molecule has 1 aromatic heterocycles. The molecular weight excluding hydrogens is 357 g/mol. The van der Waals surface area contributed by atoms with Crippen LogP contribution in [0, 0.1) is 11.7 Å². The molecule has 0 atom stereocenters. The van der Waals surface area contributed by atoms with Crippen LogP contribution in [0.4, 0.5) is 15.9 Å². The van der Waals surface area contributed by atoms with Gasteiger partial charge in [-0.1, -0.05) is 32.9 Å². The average molecular weight is 385 g/mol. The summed E-state index contributed by atoms with van der Waals surface area (Å²) < 4.78 is 18.0. The number of nitrogens with zero attached hydrogens (tertiary/aromatic N) is 2. The van der Waals surface area contributed by atoms with Gasteiger partial charge in [-0.15, -0.1) is 0 Å². The third-order valence-corrected chi connectivity index (χ3v) is 4.23. The number of esters is 1. The third kappa shape index (κ3) is 6.08. The molecule has 2 aromatic rings. The molecule has 0 saturated carbocycles. The van der Waals surface area contributed by atoms with Crippen molar-refractivity contribution in [2.45, 2.75) is 33.7 Å². The van der Waals surface area contributed by atoms with Crippen LogP contribution >= 0.6 is 0 Å². The zero-order chi connectivity index (χ0) is 20.7. The first kappa shape index (κ1) is 21.4. The number of pyridine rings is 1. The zero-order valence-electron chi connectivity index (χ0n) is 16.9. The van der Waals surface area contributed by atoms with Crippen molar-refractivity contribution in [3.8, 4) is 0 Å². The molecule has 2 N–H and O–H groups in total. The highest BCUT2D eigenvalue weighted by Gasteiger charge is 2.15. The molecule has 0 bridgehead atoms. The number of carbonyl (C=O) groups is 1. The molecule has 0 saturated heterocycles. The van der Waals surface area contributed by atoms with Crippen molar-refractivity contribution in [1.82, 2.24) is 4.98 Å². The van der Waals surface area contributed by atoms with Crippen LogP contribution in [-0.2, 0) is 16.1 Å². The number of rotatable bonds is 8. The number of benzene rings is 1. The monoisotopic (exact) mass is 385 g/mol. The van der Waals surface area contributed by atoms with Gasteiger partial charge in [0.15, 0.2) is 0 Å². The van der Waals surface area contributed by atoms with E-state index in [0.29, 0.717) is 30.3 Å². The predicted octanol–water partition coefficient (Wildman–Crippen LogP) is 4.43. The number of hydrogen-bond donors (Lipinski definition) is 1. The highest BCUT2D eigenvalue weighted by Crippen LogP contribution is 2.25. The van der Waals surface area contributed by atoms with E-state index in [4.69, 9.17) is 15.5 Å².